The summed E-state index contributed by atoms with van der Waals surface area (Å²) in [5.74, 6) is 2.09. The van der Waals surface area contributed by atoms with Crippen LogP contribution in [0.2, 0.25) is 0 Å². The zero-order chi connectivity index (χ0) is 17.5. The number of anilines is 2. The van der Waals surface area contributed by atoms with Gasteiger partial charge in [-0.05, 0) is 12.1 Å². The standard InChI is InChI=1S/C18H22N8/c1-23-12-15-17(22-23)20-13-21-18(15)26-10-14(11-26)24-6-8-25(9-7-24)16-4-2-3-5-19-16/h2-5,12-14H,6-11H2,1H3. The molecule has 5 heterocycles. The Bertz CT molecular complexity index is 894. The summed E-state index contributed by atoms with van der Waals surface area (Å²) in [7, 11) is 1.92. The minimum atomic E-state index is 0.600. The van der Waals surface area contributed by atoms with Crippen LogP contribution in [0.25, 0.3) is 11.0 Å². The van der Waals surface area contributed by atoms with Crippen LogP contribution < -0.4 is 9.80 Å². The van der Waals surface area contributed by atoms with Crippen LogP contribution in [0.4, 0.5) is 11.6 Å². The highest BCUT2D eigenvalue weighted by Gasteiger charge is 2.35. The van der Waals surface area contributed by atoms with E-state index in [4.69, 9.17) is 0 Å². The molecule has 8 nitrogen and oxygen atoms in total. The Labute approximate surface area is 152 Å². The Morgan fingerprint density at radius 3 is 2.58 bits per heavy atom. The van der Waals surface area contributed by atoms with Crippen molar-refractivity contribution in [2.45, 2.75) is 6.04 Å². The van der Waals surface area contributed by atoms with E-state index in [0.717, 1.165) is 61.9 Å². The average Bonchev–Trinajstić information content (AvgIpc) is 3.03. The maximum Gasteiger partial charge on any atom is 0.186 e. The van der Waals surface area contributed by atoms with Crippen molar-refractivity contribution in [2.75, 3.05) is 49.1 Å². The largest absolute Gasteiger partial charge is 0.354 e. The van der Waals surface area contributed by atoms with Crippen LogP contribution in [0.1, 0.15) is 0 Å². The van der Waals surface area contributed by atoms with Crippen LogP contribution in [0.15, 0.2) is 36.9 Å². The summed E-state index contributed by atoms with van der Waals surface area (Å²) in [5.41, 5.74) is 0.768. The van der Waals surface area contributed by atoms with Gasteiger partial charge in [0.15, 0.2) is 5.65 Å². The second kappa shape index (κ2) is 6.21. The molecule has 2 saturated heterocycles. The van der Waals surface area contributed by atoms with Crippen molar-refractivity contribution in [1.82, 2.24) is 29.6 Å². The number of aromatic nitrogens is 5. The number of fused-ring (bicyclic) bond motifs is 1. The molecule has 0 saturated carbocycles. The summed E-state index contributed by atoms with van der Waals surface area (Å²) < 4.78 is 1.80. The van der Waals surface area contributed by atoms with E-state index in [1.165, 1.54) is 0 Å². The molecule has 0 aliphatic carbocycles. The van der Waals surface area contributed by atoms with E-state index in [2.05, 4.69) is 46.9 Å². The summed E-state index contributed by atoms with van der Waals surface area (Å²) in [6, 6.07) is 6.71. The Morgan fingerprint density at radius 1 is 0.962 bits per heavy atom. The lowest BCUT2D eigenvalue weighted by Crippen LogP contribution is -2.63. The van der Waals surface area contributed by atoms with Gasteiger partial charge in [0, 0.05) is 64.8 Å². The number of nitrogens with zero attached hydrogens (tertiary/aromatic N) is 8. The average molecular weight is 350 g/mol. The second-order valence-electron chi connectivity index (χ2n) is 7.01. The third-order valence-electron chi connectivity index (χ3n) is 5.38. The molecular formula is C18H22N8. The van der Waals surface area contributed by atoms with Crippen LogP contribution in [0.5, 0.6) is 0 Å². The first kappa shape index (κ1) is 15.5. The van der Waals surface area contributed by atoms with Crippen LogP contribution in [-0.4, -0.2) is 74.9 Å². The minimum absolute atomic E-state index is 0.600. The smallest absolute Gasteiger partial charge is 0.186 e. The molecule has 0 bridgehead atoms. The number of piperazine rings is 1. The van der Waals surface area contributed by atoms with E-state index in [-0.39, 0.29) is 0 Å². The summed E-state index contributed by atoms with van der Waals surface area (Å²) in [6.07, 6.45) is 5.49. The van der Waals surface area contributed by atoms with E-state index in [0.29, 0.717) is 6.04 Å². The predicted molar refractivity (Wildman–Crippen MR) is 100 cm³/mol. The lowest BCUT2D eigenvalue weighted by Gasteiger charge is -2.48. The molecule has 2 aliphatic heterocycles. The van der Waals surface area contributed by atoms with Gasteiger partial charge in [-0.1, -0.05) is 6.07 Å². The van der Waals surface area contributed by atoms with E-state index >= 15 is 0 Å². The van der Waals surface area contributed by atoms with Crippen molar-refractivity contribution in [3.8, 4) is 0 Å². The third kappa shape index (κ3) is 2.66. The number of rotatable bonds is 3. The van der Waals surface area contributed by atoms with Crippen molar-refractivity contribution in [3.05, 3.63) is 36.9 Å². The van der Waals surface area contributed by atoms with Gasteiger partial charge in [-0.25, -0.2) is 15.0 Å². The maximum atomic E-state index is 4.50. The number of hydrogen-bond donors (Lipinski definition) is 0. The molecule has 3 aromatic rings. The van der Waals surface area contributed by atoms with Crippen molar-refractivity contribution in [2.24, 2.45) is 7.05 Å². The molecular weight excluding hydrogens is 328 g/mol. The molecule has 0 amide bonds. The number of pyridine rings is 1. The normalized spacial score (nSPS) is 19.1. The monoisotopic (exact) mass is 350 g/mol. The second-order valence-corrected chi connectivity index (χ2v) is 7.01. The fourth-order valence-corrected chi connectivity index (χ4v) is 3.91. The van der Waals surface area contributed by atoms with E-state index in [9.17, 15) is 0 Å². The molecule has 5 rings (SSSR count). The van der Waals surface area contributed by atoms with Crippen molar-refractivity contribution in [1.29, 1.82) is 0 Å². The van der Waals surface area contributed by atoms with Crippen molar-refractivity contribution >= 4 is 22.7 Å². The van der Waals surface area contributed by atoms with Gasteiger partial charge in [-0.3, -0.25) is 9.58 Å². The highest BCUT2D eigenvalue weighted by molar-refractivity contribution is 5.86. The van der Waals surface area contributed by atoms with Crippen LogP contribution >= 0.6 is 0 Å². The van der Waals surface area contributed by atoms with Gasteiger partial charge in [-0.2, -0.15) is 5.10 Å². The van der Waals surface area contributed by atoms with Gasteiger partial charge in [-0.15, -0.1) is 0 Å². The molecule has 134 valence electrons. The molecule has 2 fully saturated rings. The molecule has 0 unspecified atom stereocenters. The molecule has 2 aliphatic rings. The van der Waals surface area contributed by atoms with Gasteiger partial charge < -0.3 is 9.80 Å². The van der Waals surface area contributed by atoms with Crippen molar-refractivity contribution in [3.63, 3.8) is 0 Å². The van der Waals surface area contributed by atoms with Gasteiger partial charge in [0.2, 0.25) is 0 Å². The lowest BCUT2D eigenvalue weighted by atomic mass is 10.1. The topological polar surface area (TPSA) is 66.2 Å². The van der Waals surface area contributed by atoms with Crippen molar-refractivity contribution < 1.29 is 0 Å². The summed E-state index contributed by atoms with van der Waals surface area (Å²) in [4.78, 5) is 20.5. The van der Waals surface area contributed by atoms with E-state index < -0.39 is 0 Å². The Kier molecular flexibility index (Phi) is 3.70. The predicted octanol–water partition coefficient (Wildman–Crippen LogP) is 0.769. The Balaban J connectivity index is 1.21. The quantitative estimate of drug-likeness (QED) is 0.691. The summed E-state index contributed by atoms with van der Waals surface area (Å²) in [6.45, 7) is 6.28. The van der Waals surface area contributed by atoms with Gasteiger partial charge >= 0.3 is 0 Å². The van der Waals surface area contributed by atoms with Crippen LogP contribution in [-0.2, 0) is 7.05 Å². The number of aryl methyl sites for hydroxylation is 1. The van der Waals surface area contributed by atoms with E-state index in [1.54, 1.807) is 11.0 Å². The fourth-order valence-electron chi connectivity index (χ4n) is 3.91. The highest BCUT2D eigenvalue weighted by atomic mass is 15.4. The molecule has 0 radical (unpaired) electrons. The Morgan fingerprint density at radius 2 is 1.81 bits per heavy atom. The summed E-state index contributed by atoms with van der Waals surface area (Å²) in [5, 5.41) is 5.41. The lowest BCUT2D eigenvalue weighted by molar-refractivity contribution is 0.156. The van der Waals surface area contributed by atoms with Gasteiger partial charge in [0.25, 0.3) is 0 Å². The number of hydrogen-bond acceptors (Lipinski definition) is 7. The molecule has 3 aromatic heterocycles. The molecule has 0 spiro atoms. The maximum absolute atomic E-state index is 4.50. The van der Waals surface area contributed by atoms with Gasteiger partial charge in [0.1, 0.15) is 18.0 Å². The minimum Gasteiger partial charge on any atom is -0.354 e. The third-order valence-corrected chi connectivity index (χ3v) is 5.38. The van der Waals surface area contributed by atoms with E-state index in [1.807, 2.05) is 25.5 Å². The molecule has 0 N–H and O–H groups in total. The molecule has 0 atom stereocenters. The summed E-state index contributed by atoms with van der Waals surface area (Å²) >= 11 is 0. The molecule has 26 heavy (non-hydrogen) atoms. The first-order valence-electron chi connectivity index (χ1n) is 9.07. The first-order valence-corrected chi connectivity index (χ1v) is 9.07. The SMILES string of the molecule is Cn1cc2c(N3CC(N4CCN(c5ccccn5)CC4)C3)ncnc2n1. The zero-order valence-electron chi connectivity index (χ0n) is 14.9. The Hall–Kier alpha value is -2.74. The van der Waals surface area contributed by atoms with Crippen LogP contribution in [0.3, 0.4) is 0 Å². The highest BCUT2D eigenvalue weighted by Crippen LogP contribution is 2.28. The molecule has 8 heteroatoms. The fraction of sp³-hybridized carbons (Fsp3) is 0.444. The van der Waals surface area contributed by atoms with Gasteiger partial charge in [0.05, 0.1) is 5.39 Å². The first-order chi connectivity index (χ1) is 12.8. The molecule has 0 aromatic carbocycles. The zero-order valence-corrected chi connectivity index (χ0v) is 14.9. The van der Waals surface area contributed by atoms with Crippen LogP contribution in [0, 0.1) is 0 Å².